The molecule has 0 aliphatic heterocycles. The van der Waals surface area contributed by atoms with Gasteiger partial charge in [-0.15, -0.1) is 0 Å². The SMILES string of the molecule is CC1(C)C(/C=C(/C#N)c2ccccc2)C1C(=O)O. The molecule has 0 saturated heterocycles. The summed E-state index contributed by atoms with van der Waals surface area (Å²) in [4.78, 5) is 11.1. The molecule has 0 spiro atoms. The number of rotatable bonds is 3. The molecule has 1 N–H and O–H groups in total. The molecule has 0 amide bonds. The number of carbonyl (C=O) groups is 1. The molecule has 2 rings (SSSR count). The fourth-order valence-electron chi connectivity index (χ4n) is 2.46. The molecule has 3 heteroatoms. The van der Waals surface area contributed by atoms with E-state index in [2.05, 4.69) is 6.07 Å². The molecular formula is C15H15NO2. The van der Waals surface area contributed by atoms with Gasteiger partial charge in [0.25, 0.3) is 0 Å². The highest BCUT2D eigenvalue weighted by atomic mass is 16.4. The van der Waals surface area contributed by atoms with Crippen LogP contribution in [-0.4, -0.2) is 11.1 Å². The molecule has 2 unspecified atom stereocenters. The number of aliphatic carboxylic acids is 1. The molecule has 1 fully saturated rings. The number of carboxylic acids is 1. The molecule has 92 valence electrons. The van der Waals surface area contributed by atoms with Crippen LogP contribution in [0.2, 0.25) is 0 Å². The van der Waals surface area contributed by atoms with Gasteiger partial charge >= 0.3 is 5.97 Å². The first-order valence-electron chi connectivity index (χ1n) is 5.88. The zero-order valence-corrected chi connectivity index (χ0v) is 10.4. The van der Waals surface area contributed by atoms with Crippen molar-refractivity contribution in [3.05, 3.63) is 42.0 Å². The topological polar surface area (TPSA) is 61.1 Å². The predicted octanol–water partition coefficient (Wildman–Crippen LogP) is 2.95. The first-order valence-corrected chi connectivity index (χ1v) is 5.88. The summed E-state index contributed by atoms with van der Waals surface area (Å²) in [6.45, 7) is 3.85. The summed E-state index contributed by atoms with van der Waals surface area (Å²) in [6.07, 6.45) is 1.80. The second-order valence-corrected chi connectivity index (χ2v) is 5.22. The summed E-state index contributed by atoms with van der Waals surface area (Å²) < 4.78 is 0. The Bertz CT molecular complexity index is 537. The van der Waals surface area contributed by atoms with Gasteiger partial charge in [-0.1, -0.05) is 50.3 Å². The van der Waals surface area contributed by atoms with E-state index >= 15 is 0 Å². The maximum atomic E-state index is 11.1. The lowest BCUT2D eigenvalue weighted by atomic mass is 10.0. The summed E-state index contributed by atoms with van der Waals surface area (Å²) in [6, 6.07) is 11.5. The molecule has 1 aromatic rings. The van der Waals surface area contributed by atoms with Gasteiger partial charge in [-0.25, -0.2) is 0 Å². The van der Waals surface area contributed by atoms with Gasteiger partial charge in [0.1, 0.15) is 0 Å². The third-order valence-electron chi connectivity index (χ3n) is 3.73. The lowest BCUT2D eigenvalue weighted by Gasteiger charge is -2.00. The number of allylic oxidation sites excluding steroid dienone is 2. The largest absolute Gasteiger partial charge is 0.481 e. The molecule has 0 bridgehead atoms. The molecule has 18 heavy (non-hydrogen) atoms. The van der Waals surface area contributed by atoms with Crippen molar-refractivity contribution in [2.24, 2.45) is 17.3 Å². The third kappa shape index (κ3) is 2.02. The average molecular weight is 241 g/mol. The predicted molar refractivity (Wildman–Crippen MR) is 68.4 cm³/mol. The van der Waals surface area contributed by atoms with E-state index in [1.54, 1.807) is 6.08 Å². The van der Waals surface area contributed by atoms with Crippen LogP contribution < -0.4 is 0 Å². The van der Waals surface area contributed by atoms with Crippen LogP contribution in [0.5, 0.6) is 0 Å². The normalized spacial score (nSPS) is 25.3. The number of hydrogen-bond acceptors (Lipinski definition) is 2. The smallest absolute Gasteiger partial charge is 0.307 e. The Morgan fingerprint density at radius 3 is 2.44 bits per heavy atom. The van der Waals surface area contributed by atoms with Crippen molar-refractivity contribution in [3.8, 4) is 6.07 Å². The van der Waals surface area contributed by atoms with Crippen LogP contribution in [0.25, 0.3) is 5.57 Å². The van der Waals surface area contributed by atoms with Crippen molar-refractivity contribution in [1.82, 2.24) is 0 Å². The highest BCUT2D eigenvalue weighted by Crippen LogP contribution is 2.59. The molecule has 1 aliphatic rings. The Kier molecular flexibility index (Phi) is 2.96. The fraction of sp³-hybridized carbons (Fsp3) is 0.333. The van der Waals surface area contributed by atoms with E-state index in [1.807, 2.05) is 44.2 Å². The zero-order chi connectivity index (χ0) is 13.3. The summed E-state index contributed by atoms with van der Waals surface area (Å²) in [5.41, 5.74) is 1.13. The second kappa shape index (κ2) is 4.30. The van der Waals surface area contributed by atoms with Gasteiger partial charge in [0.15, 0.2) is 0 Å². The highest BCUT2D eigenvalue weighted by Gasteiger charge is 2.61. The Balaban J connectivity index is 2.29. The van der Waals surface area contributed by atoms with Crippen LogP contribution in [0.4, 0.5) is 0 Å². The minimum Gasteiger partial charge on any atom is -0.481 e. The molecule has 1 aliphatic carbocycles. The number of nitrogens with zero attached hydrogens (tertiary/aromatic N) is 1. The standard InChI is InChI=1S/C15H15NO2/c1-15(2)12(13(15)14(17)18)8-11(9-16)10-6-4-3-5-7-10/h3-8,12-13H,1-2H3,(H,17,18)/b11-8-. The number of carboxylic acid groups (broad SMARTS) is 1. The Morgan fingerprint density at radius 1 is 1.39 bits per heavy atom. The van der Waals surface area contributed by atoms with E-state index in [9.17, 15) is 10.1 Å². The van der Waals surface area contributed by atoms with Crippen molar-refractivity contribution >= 4 is 11.5 Å². The van der Waals surface area contributed by atoms with Crippen molar-refractivity contribution in [3.63, 3.8) is 0 Å². The fourth-order valence-corrected chi connectivity index (χ4v) is 2.46. The molecule has 0 aromatic heterocycles. The summed E-state index contributed by atoms with van der Waals surface area (Å²) >= 11 is 0. The highest BCUT2D eigenvalue weighted by molar-refractivity contribution is 5.81. The number of nitriles is 1. The lowest BCUT2D eigenvalue weighted by molar-refractivity contribution is -0.139. The quantitative estimate of drug-likeness (QED) is 0.827. The van der Waals surface area contributed by atoms with Crippen LogP contribution in [0.3, 0.4) is 0 Å². The molecule has 0 radical (unpaired) electrons. The van der Waals surface area contributed by atoms with Gasteiger partial charge in [-0.3, -0.25) is 4.79 Å². The van der Waals surface area contributed by atoms with Gasteiger partial charge in [-0.2, -0.15) is 5.26 Å². The first-order chi connectivity index (χ1) is 8.48. The van der Waals surface area contributed by atoms with Gasteiger partial charge < -0.3 is 5.11 Å². The summed E-state index contributed by atoms with van der Waals surface area (Å²) in [5.74, 6) is -1.24. The molecule has 3 nitrogen and oxygen atoms in total. The summed E-state index contributed by atoms with van der Waals surface area (Å²) in [7, 11) is 0. The van der Waals surface area contributed by atoms with Crippen LogP contribution in [0, 0.1) is 28.6 Å². The monoisotopic (exact) mass is 241 g/mol. The van der Waals surface area contributed by atoms with E-state index in [1.165, 1.54) is 0 Å². The van der Waals surface area contributed by atoms with Gasteiger partial charge in [0.2, 0.25) is 0 Å². The maximum Gasteiger partial charge on any atom is 0.307 e. The molecule has 1 aromatic carbocycles. The average Bonchev–Trinajstić information content (AvgIpc) is 2.89. The van der Waals surface area contributed by atoms with Crippen molar-refractivity contribution in [2.75, 3.05) is 0 Å². The van der Waals surface area contributed by atoms with E-state index in [4.69, 9.17) is 5.11 Å². The number of hydrogen-bond donors (Lipinski definition) is 1. The van der Waals surface area contributed by atoms with Crippen LogP contribution in [0.15, 0.2) is 36.4 Å². The third-order valence-corrected chi connectivity index (χ3v) is 3.73. The second-order valence-electron chi connectivity index (χ2n) is 5.22. The van der Waals surface area contributed by atoms with E-state index < -0.39 is 5.97 Å². The van der Waals surface area contributed by atoms with Gasteiger partial charge in [-0.05, 0) is 16.9 Å². The van der Waals surface area contributed by atoms with E-state index in [0.717, 1.165) is 5.56 Å². The Morgan fingerprint density at radius 2 is 2.00 bits per heavy atom. The molecule has 0 heterocycles. The van der Waals surface area contributed by atoms with Crippen molar-refractivity contribution in [1.29, 1.82) is 5.26 Å². The Labute approximate surface area is 106 Å². The van der Waals surface area contributed by atoms with E-state index in [-0.39, 0.29) is 17.3 Å². The van der Waals surface area contributed by atoms with Gasteiger partial charge in [0, 0.05) is 0 Å². The first kappa shape index (κ1) is 12.4. The molecule has 1 saturated carbocycles. The van der Waals surface area contributed by atoms with Crippen molar-refractivity contribution < 1.29 is 9.90 Å². The van der Waals surface area contributed by atoms with Crippen LogP contribution >= 0.6 is 0 Å². The van der Waals surface area contributed by atoms with E-state index in [0.29, 0.717) is 5.57 Å². The molecule has 2 atom stereocenters. The van der Waals surface area contributed by atoms with Crippen LogP contribution in [0.1, 0.15) is 19.4 Å². The molecular weight excluding hydrogens is 226 g/mol. The lowest BCUT2D eigenvalue weighted by Crippen LogP contribution is -2.03. The van der Waals surface area contributed by atoms with Crippen molar-refractivity contribution in [2.45, 2.75) is 13.8 Å². The Hall–Kier alpha value is -2.08. The number of benzene rings is 1. The minimum atomic E-state index is -0.786. The summed E-state index contributed by atoms with van der Waals surface area (Å²) in [5, 5.41) is 18.3. The zero-order valence-electron chi connectivity index (χ0n) is 10.4. The maximum absolute atomic E-state index is 11.1. The van der Waals surface area contributed by atoms with Crippen LogP contribution in [-0.2, 0) is 4.79 Å². The minimum absolute atomic E-state index is 0.0649. The van der Waals surface area contributed by atoms with Gasteiger partial charge in [0.05, 0.1) is 17.6 Å².